The van der Waals surface area contributed by atoms with Gasteiger partial charge in [0, 0.05) is 49.4 Å². The maximum absolute atomic E-state index is 14.8. The van der Waals surface area contributed by atoms with Crippen LogP contribution in [-0.4, -0.2) is 68.2 Å². The number of rotatable bonds is 4. The number of carbonyl (C=O) groups is 2. The van der Waals surface area contributed by atoms with Gasteiger partial charge < -0.3 is 15.5 Å². The van der Waals surface area contributed by atoms with E-state index in [2.05, 4.69) is 10.1 Å². The van der Waals surface area contributed by atoms with Gasteiger partial charge in [-0.15, -0.1) is 0 Å². The van der Waals surface area contributed by atoms with Gasteiger partial charge in [-0.1, -0.05) is 0 Å². The molecule has 2 saturated heterocycles. The Morgan fingerprint density at radius 1 is 1.14 bits per heavy atom. The molecule has 13 heteroatoms. The Morgan fingerprint density at radius 2 is 1.89 bits per heavy atom. The Balaban J connectivity index is 1.40. The first-order chi connectivity index (χ1) is 17.0. The number of nitrogens with two attached hydrogens (primary N) is 1. The first-order valence-electron chi connectivity index (χ1n) is 11.3. The van der Waals surface area contributed by atoms with E-state index in [1.165, 1.54) is 23.2 Å². The minimum atomic E-state index is -4.57. The largest absolute Gasteiger partial charge is 0.408 e. The number of likely N-dealkylation sites (tertiary alicyclic amines) is 2. The first kappa shape index (κ1) is 23.9. The highest BCUT2D eigenvalue weighted by Crippen LogP contribution is 2.36. The summed E-state index contributed by atoms with van der Waals surface area (Å²) in [6.07, 6.45) is -3.15. The van der Waals surface area contributed by atoms with Crippen LogP contribution in [0.5, 0.6) is 0 Å². The van der Waals surface area contributed by atoms with Gasteiger partial charge in [0.15, 0.2) is 0 Å². The van der Waals surface area contributed by atoms with E-state index >= 15 is 0 Å². The van der Waals surface area contributed by atoms with Gasteiger partial charge in [-0.05, 0) is 25.0 Å². The van der Waals surface area contributed by atoms with Gasteiger partial charge in [0.1, 0.15) is 30.0 Å². The highest BCUT2D eigenvalue weighted by Gasteiger charge is 2.47. The molecular weight excluding hydrogens is 487 g/mol. The van der Waals surface area contributed by atoms with Gasteiger partial charge in [-0.25, -0.2) is 13.8 Å². The fraction of sp³-hybridized carbons (Fsp3) is 0.391. The van der Waals surface area contributed by atoms with Crippen LogP contribution in [0.25, 0.3) is 10.9 Å². The molecule has 0 unspecified atom stereocenters. The number of carbonyl (C=O) groups excluding carboxylic acids is 2. The number of aromatic nitrogens is 3. The van der Waals surface area contributed by atoms with Crippen LogP contribution in [0, 0.1) is 11.6 Å². The zero-order chi connectivity index (χ0) is 25.8. The number of halogens is 5. The van der Waals surface area contributed by atoms with Crippen LogP contribution in [0.2, 0.25) is 0 Å². The van der Waals surface area contributed by atoms with Crippen molar-refractivity contribution < 1.29 is 31.5 Å². The van der Waals surface area contributed by atoms with Gasteiger partial charge in [0.2, 0.25) is 5.91 Å². The zero-order valence-electron chi connectivity index (χ0n) is 18.8. The molecule has 0 saturated carbocycles. The normalized spacial score (nSPS) is 18.6. The van der Waals surface area contributed by atoms with Crippen molar-refractivity contribution in [2.45, 2.75) is 37.5 Å². The van der Waals surface area contributed by atoms with Crippen LogP contribution >= 0.6 is 0 Å². The third kappa shape index (κ3) is 4.22. The van der Waals surface area contributed by atoms with Crippen molar-refractivity contribution in [3.05, 3.63) is 53.4 Å². The molecule has 1 aromatic carbocycles. The molecule has 2 aromatic heterocycles. The molecule has 0 aliphatic carbocycles. The van der Waals surface area contributed by atoms with E-state index in [4.69, 9.17) is 5.73 Å². The molecule has 0 radical (unpaired) electrons. The molecular formula is C23H21F5N6O2. The number of alkyl halides is 3. The fourth-order valence-electron chi connectivity index (χ4n) is 4.86. The molecule has 190 valence electrons. The van der Waals surface area contributed by atoms with Gasteiger partial charge in [0.05, 0.1) is 16.6 Å². The number of nitrogen functional groups attached to an aromatic ring is 1. The minimum absolute atomic E-state index is 0.0248. The minimum Gasteiger partial charge on any atom is -0.384 e. The van der Waals surface area contributed by atoms with E-state index in [1.54, 1.807) is 0 Å². The number of pyridine rings is 1. The summed E-state index contributed by atoms with van der Waals surface area (Å²) in [5.74, 6) is -3.19. The summed E-state index contributed by atoms with van der Waals surface area (Å²) < 4.78 is 69.9. The third-order valence-corrected chi connectivity index (χ3v) is 6.62. The van der Waals surface area contributed by atoms with Crippen molar-refractivity contribution in [1.82, 2.24) is 24.6 Å². The molecule has 2 fully saturated rings. The average Bonchev–Trinajstić information content (AvgIpc) is 3.39. The number of anilines is 1. The molecule has 2 N–H and O–H groups in total. The van der Waals surface area contributed by atoms with E-state index in [9.17, 15) is 31.5 Å². The predicted molar refractivity (Wildman–Crippen MR) is 118 cm³/mol. The summed E-state index contributed by atoms with van der Waals surface area (Å²) in [4.78, 5) is 31.6. The van der Waals surface area contributed by atoms with Crippen LogP contribution < -0.4 is 5.73 Å². The number of nitrogens with zero attached hydrogens (tertiary/aromatic N) is 5. The summed E-state index contributed by atoms with van der Waals surface area (Å²) in [5.41, 5.74) is 6.13. The Kier molecular flexibility index (Phi) is 5.80. The molecule has 4 heterocycles. The second-order valence-corrected chi connectivity index (χ2v) is 8.99. The maximum Gasteiger partial charge on any atom is 0.408 e. The van der Waals surface area contributed by atoms with Crippen LogP contribution in [-0.2, 0) is 11.3 Å². The second kappa shape index (κ2) is 8.71. The number of hydrogen-bond donors (Lipinski definition) is 1. The van der Waals surface area contributed by atoms with Crippen LogP contribution in [0.4, 0.5) is 27.8 Å². The van der Waals surface area contributed by atoms with Gasteiger partial charge in [0.25, 0.3) is 5.91 Å². The standard InChI is InChI=1S/C23H21F5N6O2/c24-14-7-15(25)20-16(8-14)34(11-19(35)33-5-1-2-17(33)23(26,27)28)31-21(20)13-9-32(10-13)22(36)12-3-4-30-18(29)6-12/h3-4,6-8,13,17H,1-2,5,9-11H2,(H2,29,30)/t17-/m1/s1. The number of hydrogen-bond acceptors (Lipinski definition) is 5. The molecule has 8 nitrogen and oxygen atoms in total. The quantitative estimate of drug-likeness (QED) is 0.547. The molecule has 2 aliphatic heterocycles. The van der Waals surface area contributed by atoms with Gasteiger partial charge in [-0.3, -0.25) is 14.3 Å². The van der Waals surface area contributed by atoms with Gasteiger partial charge in [-0.2, -0.15) is 18.3 Å². The number of benzene rings is 1. The molecule has 5 rings (SSSR count). The average molecular weight is 508 g/mol. The van der Waals surface area contributed by atoms with Crippen LogP contribution in [0.1, 0.15) is 34.8 Å². The molecule has 2 aliphatic rings. The summed E-state index contributed by atoms with van der Waals surface area (Å²) in [6.45, 7) is -0.297. The van der Waals surface area contributed by atoms with E-state index in [0.29, 0.717) is 11.6 Å². The summed E-state index contributed by atoms with van der Waals surface area (Å²) in [6, 6.07) is 2.72. The molecule has 3 aromatic rings. The molecule has 0 spiro atoms. The SMILES string of the molecule is Nc1cc(C(=O)N2CC(c3nn(CC(=O)N4CCC[C@@H]4C(F)(F)F)c4cc(F)cc(F)c34)C2)ccn1. The Labute approximate surface area is 201 Å². The lowest BCUT2D eigenvalue weighted by molar-refractivity contribution is -0.183. The highest BCUT2D eigenvalue weighted by molar-refractivity contribution is 5.95. The zero-order valence-corrected chi connectivity index (χ0v) is 18.8. The van der Waals surface area contributed by atoms with E-state index in [1.807, 2.05) is 0 Å². The lowest BCUT2D eigenvalue weighted by Crippen LogP contribution is -2.48. The van der Waals surface area contributed by atoms with Crippen molar-refractivity contribution in [3.8, 4) is 0 Å². The van der Waals surface area contributed by atoms with Crippen molar-refractivity contribution in [2.75, 3.05) is 25.4 Å². The van der Waals surface area contributed by atoms with Crippen LogP contribution in [0.3, 0.4) is 0 Å². The molecule has 1 atom stereocenters. The monoisotopic (exact) mass is 508 g/mol. The van der Waals surface area contributed by atoms with Crippen molar-refractivity contribution >= 4 is 28.5 Å². The summed E-state index contributed by atoms with van der Waals surface area (Å²) in [5, 5.41) is 4.28. The lowest BCUT2D eigenvalue weighted by Gasteiger charge is -2.38. The first-order valence-corrected chi connectivity index (χ1v) is 11.3. The lowest BCUT2D eigenvalue weighted by atomic mass is 9.93. The Hall–Kier alpha value is -3.77. The Morgan fingerprint density at radius 3 is 2.58 bits per heavy atom. The van der Waals surface area contributed by atoms with E-state index in [-0.39, 0.29) is 60.8 Å². The second-order valence-electron chi connectivity index (χ2n) is 8.99. The van der Waals surface area contributed by atoms with Gasteiger partial charge >= 0.3 is 6.18 Å². The van der Waals surface area contributed by atoms with Crippen molar-refractivity contribution in [3.63, 3.8) is 0 Å². The maximum atomic E-state index is 14.8. The van der Waals surface area contributed by atoms with E-state index < -0.39 is 42.2 Å². The predicted octanol–water partition coefficient (Wildman–Crippen LogP) is 3.08. The highest BCUT2D eigenvalue weighted by atomic mass is 19.4. The van der Waals surface area contributed by atoms with Crippen LogP contribution in [0.15, 0.2) is 30.5 Å². The topological polar surface area (TPSA) is 97.3 Å². The van der Waals surface area contributed by atoms with Crippen molar-refractivity contribution in [1.29, 1.82) is 0 Å². The summed E-state index contributed by atoms with van der Waals surface area (Å²) in [7, 11) is 0. The molecule has 36 heavy (non-hydrogen) atoms. The molecule has 0 bridgehead atoms. The number of amides is 2. The molecule has 2 amide bonds. The van der Waals surface area contributed by atoms with Crippen molar-refractivity contribution in [2.24, 2.45) is 0 Å². The summed E-state index contributed by atoms with van der Waals surface area (Å²) >= 11 is 0. The fourth-order valence-corrected chi connectivity index (χ4v) is 4.86. The number of fused-ring (bicyclic) bond motifs is 1. The Bertz CT molecular complexity index is 1350. The van der Waals surface area contributed by atoms with E-state index in [0.717, 1.165) is 15.6 Å². The smallest absolute Gasteiger partial charge is 0.384 e. The third-order valence-electron chi connectivity index (χ3n) is 6.62.